The van der Waals surface area contributed by atoms with Crippen LogP contribution >= 0.6 is 0 Å². The summed E-state index contributed by atoms with van der Waals surface area (Å²) < 4.78 is 10.1. The van der Waals surface area contributed by atoms with Gasteiger partial charge in [-0.25, -0.2) is 4.79 Å². The van der Waals surface area contributed by atoms with Gasteiger partial charge in [-0.3, -0.25) is 0 Å². The molecule has 0 saturated carbocycles. The molecule has 4 nitrogen and oxygen atoms in total. The fourth-order valence-corrected chi connectivity index (χ4v) is 1.26. The van der Waals surface area contributed by atoms with Gasteiger partial charge >= 0.3 is 5.97 Å². The third kappa shape index (κ3) is 3.92. The largest absolute Gasteiger partial charge is 0.492 e. The molecule has 1 aromatic rings. The molecule has 1 rings (SSSR count). The first-order valence-corrected chi connectivity index (χ1v) is 5.34. The van der Waals surface area contributed by atoms with Gasteiger partial charge in [0.05, 0.1) is 12.7 Å². The van der Waals surface area contributed by atoms with Gasteiger partial charge in [0.2, 0.25) is 0 Å². The number of esters is 1. The predicted octanol–water partition coefficient (Wildman–Crippen LogP) is 1.47. The minimum atomic E-state index is -0.422. The number of hydrogen-bond donors (Lipinski definition) is 1. The number of likely N-dealkylation sites (N-methyl/N-ethyl adjacent to an activating group) is 1. The van der Waals surface area contributed by atoms with Crippen molar-refractivity contribution in [2.24, 2.45) is 0 Å². The van der Waals surface area contributed by atoms with Crippen molar-refractivity contribution in [3.8, 4) is 5.75 Å². The molecule has 0 aliphatic carbocycles. The van der Waals surface area contributed by atoms with Crippen LogP contribution in [0, 0.1) is 0 Å². The third-order valence-corrected chi connectivity index (χ3v) is 2.26. The van der Waals surface area contributed by atoms with Crippen LogP contribution in [0.1, 0.15) is 5.56 Å². The van der Waals surface area contributed by atoms with E-state index < -0.39 is 5.97 Å². The fourth-order valence-electron chi connectivity index (χ4n) is 1.26. The first-order valence-electron chi connectivity index (χ1n) is 5.34. The quantitative estimate of drug-likeness (QED) is 0.461. The van der Waals surface area contributed by atoms with Crippen molar-refractivity contribution in [2.75, 3.05) is 27.3 Å². The Morgan fingerprint density at radius 1 is 1.35 bits per heavy atom. The van der Waals surface area contributed by atoms with Gasteiger partial charge < -0.3 is 14.8 Å². The number of rotatable bonds is 6. The highest BCUT2D eigenvalue weighted by molar-refractivity contribution is 6.15. The van der Waals surface area contributed by atoms with Gasteiger partial charge in [0.25, 0.3) is 0 Å². The normalized spacial score (nSPS) is 9.76. The summed E-state index contributed by atoms with van der Waals surface area (Å²) in [4.78, 5) is 11.2. The summed E-state index contributed by atoms with van der Waals surface area (Å²) in [6, 6.07) is 7.18. The first-order chi connectivity index (χ1) is 8.19. The van der Waals surface area contributed by atoms with E-state index in [2.05, 4.69) is 16.6 Å². The van der Waals surface area contributed by atoms with Crippen LogP contribution in [-0.2, 0) is 9.53 Å². The number of nitrogens with one attached hydrogen (secondary N) is 1. The molecule has 0 atom stereocenters. The lowest BCUT2D eigenvalue weighted by atomic mass is 10.1. The Labute approximate surface area is 101 Å². The Morgan fingerprint density at radius 2 is 2.00 bits per heavy atom. The van der Waals surface area contributed by atoms with Crippen LogP contribution in [-0.4, -0.2) is 33.3 Å². The van der Waals surface area contributed by atoms with E-state index in [0.717, 1.165) is 17.9 Å². The van der Waals surface area contributed by atoms with Crippen molar-refractivity contribution in [3.63, 3.8) is 0 Å². The minimum Gasteiger partial charge on any atom is -0.492 e. The summed E-state index contributed by atoms with van der Waals surface area (Å²) in [6.45, 7) is 5.07. The van der Waals surface area contributed by atoms with E-state index in [1.54, 1.807) is 24.3 Å². The van der Waals surface area contributed by atoms with Crippen molar-refractivity contribution >= 4 is 11.5 Å². The summed E-state index contributed by atoms with van der Waals surface area (Å²) in [7, 11) is 3.20. The second kappa shape index (κ2) is 6.70. The van der Waals surface area contributed by atoms with Crippen LogP contribution in [0.5, 0.6) is 5.75 Å². The molecule has 0 saturated heterocycles. The number of hydrogen-bond acceptors (Lipinski definition) is 4. The van der Waals surface area contributed by atoms with Crippen LogP contribution in [0.15, 0.2) is 30.8 Å². The van der Waals surface area contributed by atoms with Gasteiger partial charge in [-0.2, -0.15) is 0 Å². The molecule has 0 aliphatic heterocycles. The number of ether oxygens (including phenoxy) is 2. The highest BCUT2D eigenvalue weighted by Gasteiger charge is 2.08. The number of benzene rings is 1. The molecule has 0 radical (unpaired) electrons. The zero-order chi connectivity index (χ0) is 12.7. The highest BCUT2D eigenvalue weighted by Crippen LogP contribution is 2.18. The van der Waals surface area contributed by atoms with Gasteiger partial charge in [0, 0.05) is 6.54 Å². The molecule has 0 aromatic heterocycles. The van der Waals surface area contributed by atoms with E-state index >= 15 is 0 Å². The van der Waals surface area contributed by atoms with Crippen molar-refractivity contribution in [1.29, 1.82) is 0 Å². The third-order valence-electron chi connectivity index (χ3n) is 2.26. The van der Waals surface area contributed by atoms with E-state index in [1.165, 1.54) is 7.11 Å². The Morgan fingerprint density at radius 3 is 2.53 bits per heavy atom. The van der Waals surface area contributed by atoms with E-state index in [-0.39, 0.29) is 0 Å². The van der Waals surface area contributed by atoms with Crippen LogP contribution in [0.2, 0.25) is 0 Å². The standard InChI is InChI=1S/C13H17NO3/c1-10(13(15)16-3)11-4-6-12(7-5-11)17-9-8-14-2/h4-7,14H,1,8-9H2,2-3H3. The number of carbonyl (C=O) groups is 1. The summed E-state index contributed by atoms with van der Waals surface area (Å²) in [6.07, 6.45) is 0. The van der Waals surface area contributed by atoms with Crippen molar-refractivity contribution < 1.29 is 14.3 Å². The zero-order valence-electron chi connectivity index (χ0n) is 10.2. The Bertz CT molecular complexity index is 384. The summed E-state index contributed by atoms with van der Waals surface area (Å²) in [5.74, 6) is 0.343. The maximum atomic E-state index is 11.2. The SMILES string of the molecule is C=C(C(=O)OC)c1ccc(OCCNC)cc1. The van der Waals surface area contributed by atoms with Gasteiger partial charge in [0.15, 0.2) is 0 Å². The molecule has 0 aliphatic rings. The van der Waals surface area contributed by atoms with Crippen molar-refractivity contribution in [3.05, 3.63) is 36.4 Å². The molecule has 1 aromatic carbocycles. The molecule has 0 spiro atoms. The maximum Gasteiger partial charge on any atom is 0.337 e. The molecular weight excluding hydrogens is 218 g/mol. The first kappa shape index (κ1) is 13.3. The molecule has 1 N–H and O–H groups in total. The van der Waals surface area contributed by atoms with E-state index in [9.17, 15) is 4.79 Å². The van der Waals surface area contributed by atoms with Crippen LogP contribution in [0.25, 0.3) is 5.57 Å². The number of methoxy groups -OCH3 is 1. The molecule has 0 bridgehead atoms. The van der Waals surface area contributed by atoms with Crippen LogP contribution in [0.4, 0.5) is 0 Å². The fraction of sp³-hybridized carbons (Fsp3) is 0.308. The molecule has 0 amide bonds. The Balaban J connectivity index is 2.61. The highest BCUT2D eigenvalue weighted by atomic mass is 16.5. The van der Waals surface area contributed by atoms with Crippen LogP contribution < -0.4 is 10.1 Å². The van der Waals surface area contributed by atoms with Gasteiger partial charge in [-0.1, -0.05) is 18.7 Å². The Hall–Kier alpha value is -1.81. The molecule has 4 heteroatoms. The van der Waals surface area contributed by atoms with Gasteiger partial charge in [-0.05, 0) is 24.7 Å². The van der Waals surface area contributed by atoms with Crippen LogP contribution in [0.3, 0.4) is 0 Å². The average molecular weight is 235 g/mol. The van der Waals surface area contributed by atoms with Crippen molar-refractivity contribution in [2.45, 2.75) is 0 Å². The topological polar surface area (TPSA) is 47.6 Å². The zero-order valence-corrected chi connectivity index (χ0v) is 10.2. The van der Waals surface area contributed by atoms with Gasteiger partial charge in [-0.15, -0.1) is 0 Å². The summed E-state index contributed by atoms with van der Waals surface area (Å²) in [5, 5.41) is 2.99. The van der Waals surface area contributed by atoms with Gasteiger partial charge in [0.1, 0.15) is 12.4 Å². The summed E-state index contributed by atoms with van der Waals surface area (Å²) in [5.41, 5.74) is 1.08. The lowest BCUT2D eigenvalue weighted by Crippen LogP contribution is -2.15. The van der Waals surface area contributed by atoms with E-state index in [1.807, 2.05) is 7.05 Å². The summed E-state index contributed by atoms with van der Waals surface area (Å²) >= 11 is 0. The molecule has 17 heavy (non-hydrogen) atoms. The molecule has 0 fully saturated rings. The Kier molecular flexibility index (Phi) is 5.23. The minimum absolute atomic E-state index is 0.342. The second-order valence-corrected chi connectivity index (χ2v) is 3.45. The molecule has 92 valence electrons. The smallest absolute Gasteiger partial charge is 0.337 e. The van der Waals surface area contributed by atoms with Crippen molar-refractivity contribution in [1.82, 2.24) is 5.32 Å². The molecule has 0 unspecified atom stereocenters. The van der Waals surface area contributed by atoms with E-state index in [4.69, 9.17) is 4.74 Å². The second-order valence-electron chi connectivity index (χ2n) is 3.45. The number of carbonyl (C=O) groups excluding carboxylic acids is 1. The molecule has 0 heterocycles. The average Bonchev–Trinajstić information content (AvgIpc) is 2.38. The maximum absolute atomic E-state index is 11.2. The lowest BCUT2D eigenvalue weighted by molar-refractivity contribution is -0.133. The predicted molar refractivity (Wildman–Crippen MR) is 66.9 cm³/mol. The molecular formula is C13H17NO3. The monoisotopic (exact) mass is 235 g/mol. The van der Waals surface area contributed by atoms with E-state index in [0.29, 0.717) is 12.2 Å². The lowest BCUT2D eigenvalue weighted by Gasteiger charge is -2.07.